The number of aromatic hydroxyl groups is 1. The molecule has 0 spiro atoms. The summed E-state index contributed by atoms with van der Waals surface area (Å²) in [7, 11) is 0. The molecular weight excluding hydrogens is 315 g/mol. The number of benzene rings is 3. The largest absolute Gasteiger partial charge is 0.508 e. The van der Waals surface area contributed by atoms with Gasteiger partial charge in [0.15, 0.2) is 0 Å². The summed E-state index contributed by atoms with van der Waals surface area (Å²) >= 11 is 0. The predicted octanol–water partition coefficient (Wildman–Crippen LogP) is 3.76. The lowest BCUT2D eigenvalue weighted by Crippen LogP contribution is -2.55. The van der Waals surface area contributed by atoms with Gasteiger partial charge in [-0.25, -0.2) is 0 Å². The zero-order valence-corrected chi connectivity index (χ0v) is 16.6. The molecule has 0 heterocycles. The Morgan fingerprint density at radius 1 is 0.577 bits per heavy atom. The minimum Gasteiger partial charge on any atom is -0.508 e. The van der Waals surface area contributed by atoms with Crippen LogP contribution in [0, 0.1) is 41.5 Å². The highest BCUT2D eigenvalue weighted by Gasteiger charge is 2.28. The van der Waals surface area contributed by atoms with E-state index in [2.05, 4.69) is 77.9 Å². The molecule has 1 nitrogen and oxygen atoms in total. The molecule has 0 bridgehead atoms. The second-order valence-corrected chi connectivity index (χ2v) is 7.65. The van der Waals surface area contributed by atoms with Gasteiger partial charge in [-0.15, -0.1) is 0 Å². The van der Waals surface area contributed by atoms with Crippen LogP contribution in [0.5, 0.6) is 5.75 Å². The van der Waals surface area contributed by atoms with Gasteiger partial charge in [0.2, 0.25) is 6.71 Å². The molecule has 1 N–H and O–H groups in total. The highest BCUT2D eigenvalue weighted by Crippen LogP contribution is 2.13. The van der Waals surface area contributed by atoms with Crippen LogP contribution in [0.1, 0.15) is 33.4 Å². The number of phenols is 1. The van der Waals surface area contributed by atoms with Crippen LogP contribution >= 0.6 is 0 Å². The molecule has 0 aliphatic heterocycles. The van der Waals surface area contributed by atoms with Crippen LogP contribution in [0.25, 0.3) is 0 Å². The fourth-order valence-electron chi connectivity index (χ4n) is 4.44. The van der Waals surface area contributed by atoms with Gasteiger partial charge in [-0.1, -0.05) is 86.2 Å². The molecule has 0 atom stereocenters. The third-order valence-electron chi connectivity index (χ3n) is 5.28. The van der Waals surface area contributed by atoms with Crippen molar-refractivity contribution in [3.8, 4) is 5.75 Å². The first-order valence-electron chi connectivity index (χ1n) is 9.22. The number of rotatable bonds is 3. The molecule has 0 fully saturated rings. The molecule has 26 heavy (non-hydrogen) atoms. The standard InChI is InChI=1S/C24H27BO/c1-15-11-17(3)23(18(4)12-15)25(21-7-9-22(26)10-8-21)24-19(5)13-16(2)14-20(24)6/h7-14,26H,1-6H3. The van der Waals surface area contributed by atoms with Gasteiger partial charge in [0, 0.05) is 0 Å². The fourth-order valence-corrected chi connectivity index (χ4v) is 4.44. The van der Waals surface area contributed by atoms with Gasteiger partial charge in [0.05, 0.1) is 0 Å². The Hall–Kier alpha value is -2.48. The van der Waals surface area contributed by atoms with Crippen LogP contribution in [-0.4, -0.2) is 11.8 Å². The van der Waals surface area contributed by atoms with Gasteiger partial charge in [-0.3, -0.25) is 0 Å². The SMILES string of the molecule is Cc1cc(C)c(B(c2ccc(O)cc2)c2c(C)cc(C)cc2C)c(C)c1. The van der Waals surface area contributed by atoms with Crippen molar-refractivity contribution >= 4 is 23.1 Å². The highest BCUT2D eigenvalue weighted by atomic mass is 16.3. The van der Waals surface area contributed by atoms with E-state index in [0.717, 1.165) is 0 Å². The van der Waals surface area contributed by atoms with Crippen LogP contribution in [0.4, 0.5) is 0 Å². The summed E-state index contributed by atoms with van der Waals surface area (Å²) in [4.78, 5) is 0. The third-order valence-corrected chi connectivity index (χ3v) is 5.28. The molecule has 0 aliphatic rings. The van der Waals surface area contributed by atoms with E-state index in [0.29, 0.717) is 5.75 Å². The van der Waals surface area contributed by atoms with Gasteiger partial charge in [0.1, 0.15) is 5.75 Å². The van der Waals surface area contributed by atoms with E-state index in [-0.39, 0.29) is 6.71 Å². The Labute approximate surface area is 157 Å². The van der Waals surface area contributed by atoms with Gasteiger partial charge in [-0.2, -0.15) is 0 Å². The van der Waals surface area contributed by atoms with Gasteiger partial charge in [0.25, 0.3) is 0 Å². The van der Waals surface area contributed by atoms with Crippen molar-refractivity contribution in [2.24, 2.45) is 0 Å². The second kappa shape index (κ2) is 7.03. The Morgan fingerprint density at radius 2 is 0.923 bits per heavy atom. The maximum atomic E-state index is 9.77. The van der Waals surface area contributed by atoms with E-state index < -0.39 is 0 Å². The molecule has 2 heteroatoms. The lowest BCUT2D eigenvalue weighted by molar-refractivity contribution is 0.475. The lowest BCUT2D eigenvalue weighted by atomic mass is 9.34. The first-order chi connectivity index (χ1) is 12.3. The zero-order chi connectivity index (χ0) is 19.0. The summed E-state index contributed by atoms with van der Waals surface area (Å²) in [6.07, 6.45) is 0. The monoisotopic (exact) mass is 342 g/mol. The van der Waals surface area contributed by atoms with E-state index in [4.69, 9.17) is 0 Å². The van der Waals surface area contributed by atoms with Crippen LogP contribution in [0.2, 0.25) is 0 Å². The number of aryl methyl sites for hydroxylation is 6. The topological polar surface area (TPSA) is 20.2 Å². The summed E-state index contributed by atoms with van der Waals surface area (Å²) in [5, 5.41) is 9.77. The molecule has 3 aromatic carbocycles. The van der Waals surface area contributed by atoms with Crippen LogP contribution in [0.3, 0.4) is 0 Å². The van der Waals surface area contributed by atoms with Gasteiger partial charge in [-0.05, 0) is 53.7 Å². The average molecular weight is 342 g/mol. The van der Waals surface area contributed by atoms with Crippen molar-refractivity contribution in [3.63, 3.8) is 0 Å². The van der Waals surface area contributed by atoms with Crippen LogP contribution in [0.15, 0.2) is 48.5 Å². The van der Waals surface area contributed by atoms with Crippen molar-refractivity contribution in [2.75, 3.05) is 0 Å². The first kappa shape index (κ1) is 18.3. The molecule has 132 valence electrons. The Kier molecular flexibility index (Phi) is 4.95. The minimum absolute atomic E-state index is 0.164. The molecule has 3 rings (SSSR count). The summed E-state index contributed by atoms with van der Waals surface area (Å²) in [6.45, 7) is 13.3. The summed E-state index contributed by atoms with van der Waals surface area (Å²) in [6, 6.07) is 16.8. The number of phenolic OH excluding ortho intramolecular Hbond substituents is 1. The van der Waals surface area contributed by atoms with E-state index >= 15 is 0 Å². The normalized spacial score (nSPS) is 10.8. The third kappa shape index (κ3) is 3.42. The van der Waals surface area contributed by atoms with Gasteiger partial charge < -0.3 is 5.11 Å². The quantitative estimate of drug-likeness (QED) is 0.719. The van der Waals surface area contributed by atoms with E-state index in [1.54, 1.807) is 12.1 Å². The summed E-state index contributed by atoms with van der Waals surface area (Å²) < 4.78 is 0. The van der Waals surface area contributed by atoms with E-state index in [1.807, 2.05) is 0 Å². The van der Waals surface area contributed by atoms with Crippen molar-refractivity contribution in [3.05, 3.63) is 81.9 Å². The Bertz CT molecular complexity index is 851. The smallest absolute Gasteiger partial charge is 0.242 e. The fraction of sp³-hybridized carbons (Fsp3) is 0.250. The minimum atomic E-state index is 0.164. The molecule has 0 amide bonds. The molecule has 3 aromatic rings. The first-order valence-corrected chi connectivity index (χ1v) is 9.22. The maximum absolute atomic E-state index is 9.77. The summed E-state index contributed by atoms with van der Waals surface area (Å²) in [5.74, 6) is 0.308. The van der Waals surface area contributed by atoms with E-state index in [9.17, 15) is 5.11 Å². The molecule has 0 aliphatic carbocycles. The number of hydrogen-bond acceptors (Lipinski definition) is 1. The van der Waals surface area contributed by atoms with Gasteiger partial charge >= 0.3 is 0 Å². The molecule has 0 saturated heterocycles. The molecular formula is C24H27BO. The van der Waals surface area contributed by atoms with Crippen molar-refractivity contribution in [2.45, 2.75) is 41.5 Å². The predicted molar refractivity (Wildman–Crippen MR) is 114 cm³/mol. The zero-order valence-electron chi connectivity index (χ0n) is 16.6. The maximum Gasteiger partial charge on any atom is 0.242 e. The second-order valence-electron chi connectivity index (χ2n) is 7.65. The van der Waals surface area contributed by atoms with Crippen molar-refractivity contribution in [1.82, 2.24) is 0 Å². The highest BCUT2D eigenvalue weighted by molar-refractivity contribution is 6.96. The van der Waals surface area contributed by atoms with Crippen molar-refractivity contribution < 1.29 is 5.11 Å². The van der Waals surface area contributed by atoms with Crippen LogP contribution < -0.4 is 16.4 Å². The Morgan fingerprint density at radius 3 is 1.27 bits per heavy atom. The molecule has 0 aromatic heterocycles. The molecule has 0 unspecified atom stereocenters. The van der Waals surface area contributed by atoms with E-state index in [1.165, 1.54) is 49.8 Å². The van der Waals surface area contributed by atoms with Crippen LogP contribution in [-0.2, 0) is 0 Å². The lowest BCUT2D eigenvalue weighted by Gasteiger charge is -2.24. The summed E-state index contributed by atoms with van der Waals surface area (Å²) in [5.41, 5.74) is 11.8. The number of hydrogen-bond donors (Lipinski definition) is 1. The Balaban J connectivity index is 2.34. The molecule has 0 saturated carbocycles. The average Bonchev–Trinajstić information content (AvgIpc) is 2.52. The molecule has 0 radical (unpaired) electrons. The van der Waals surface area contributed by atoms with Crippen molar-refractivity contribution in [1.29, 1.82) is 0 Å².